The maximum absolute atomic E-state index is 12.8. The number of amides is 3. The summed E-state index contributed by atoms with van der Waals surface area (Å²) in [6.45, 7) is 1.80. The van der Waals surface area contributed by atoms with Crippen molar-refractivity contribution in [1.82, 2.24) is 19.7 Å². The van der Waals surface area contributed by atoms with Crippen LogP contribution in [-0.2, 0) is 24.8 Å². The highest BCUT2D eigenvalue weighted by atomic mass is 16.2. The van der Waals surface area contributed by atoms with E-state index in [0.717, 1.165) is 30.1 Å². The standard InChI is InChI=1S/C26H26N4O3/c1-28-13-6-11-22(28)23(29-14-12-18-7-2-3-8-19(18)16-29)15-27-24(31)17-30-25(32)20-9-4-5-10-21(20)26(30)33/h2-11,13,23H,12,14-17H2,1H3,(H,27,31). The van der Waals surface area contributed by atoms with E-state index in [1.165, 1.54) is 11.1 Å². The number of nitrogens with zero attached hydrogens (tertiary/aromatic N) is 3. The molecule has 0 spiro atoms. The third-order valence-corrected chi connectivity index (χ3v) is 6.60. The molecule has 0 saturated carbocycles. The Hall–Kier alpha value is -3.71. The van der Waals surface area contributed by atoms with Gasteiger partial charge in [0, 0.05) is 38.6 Å². The fourth-order valence-corrected chi connectivity index (χ4v) is 4.82. The van der Waals surface area contributed by atoms with Crippen LogP contribution in [0.25, 0.3) is 0 Å². The highest BCUT2D eigenvalue weighted by Crippen LogP contribution is 2.28. The van der Waals surface area contributed by atoms with Gasteiger partial charge in [0.25, 0.3) is 11.8 Å². The van der Waals surface area contributed by atoms with E-state index in [1.54, 1.807) is 24.3 Å². The second-order valence-corrected chi connectivity index (χ2v) is 8.60. The lowest BCUT2D eigenvalue weighted by Crippen LogP contribution is -2.45. The highest BCUT2D eigenvalue weighted by molar-refractivity contribution is 6.22. The van der Waals surface area contributed by atoms with E-state index in [-0.39, 0.29) is 18.5 Å². The van der Waals surface area contributed by atoms with Crippen molar-refractivity contribution < 1.29 is 14.4 Å². The molecule has 3 heterocycles. The molecule has 1 aromatic heterocycles. The molecule has 5 rings (SSSR count). The number of aryl methyl sites for hydroxylation is 1. The topological polar surface area (TPSA) is 74.6 Å². The van der Waals surface area contributed by atoms with Crippen LogP contribution in [0, 0.1) is 0 Å². The minimum absolute atomic E-state index is 0.0236. The molecule has 33 heavy (non-hydrogen) atoms. The van der Waals surface area contributed by atoms with Crippen LogP contribution in [0.2, 0.25) is 0 Å². The molecule has 168 valence electrons. The number of nitrogens with one attached hydrogen (secondary N) is 1. The smallest absolute Gasteiger partial charge is 0.262 e. The molecule has 3 amide bonds. The predicted octanol–water partition coefficient (Wildman–Crippen LogP) is 2.54. The minimum atomic E-state index is -0.419. The van der Waals surface area contributed by atoms with Crippen molar-refractivity contribution in [3.63, 3.8) is 0 Å². The molecule has 7 heteroatoms. The number of hydrogen-bond acceptors (Lipinski definition) is 4. The third kappa shape index (κ3) is 3.96. The first-order valence-corrected chi connectivity index (χ1v) is 11.2. The SMILES string of the molecule is Cn1cccc1C(CNC(=O)CN1C(=O)c2ccccc2C1=O)N1CCc2ccccc2C1. The number of carbonyl (C=O) groups is 3. The van der Waals surface area contributed by atoms with Crippen molar-refractivity contribution in [3.05, 3.63) is 94.8 Å². The molecular weight excluding hydrogens is 416 g/mol. The summed E-state index contributed by atoms with van der Waals surface area (Å²) in [6, 6.07) is 19.2. The van der Waals surface area contributed by atoms with Crippen LogP contribution in [0.1, 0.15) is 43.6 Å². The maximum Gasteiger partial charge on any atom is 0.262 e. The van der Waals surface area contributed by atoms with Gasteiger partial charge in [-0.1, -0.05) is 36.4 Å². The van der Waals surface area contributed by atoms with Crippen molar-refractivity contribution >= 4 is 17.7 Å². The van der Waals surface area contributed by atoms with Crippen LogP contribution in [0.4, 0.5) is 0 Å². The van der Waals surface area contributed by atoms with Gasteiger partial charge in [0.1, 0.15) is 6.54 Å². The van der Waals surface area contributed by atoms with Crippen LogP contribution < -0.4 is 5.32 Å². The molecule has 0 bridgehead atoms. The Balaban J connectivity index is 1.29. The van der Waals surface area contributed by atoms with E-state index in [2.05, 4.69) is 45.1 Å². The number of hydrogen-bond donors (Lipinski definition) is 1. The molecule has 0 aliphatic carbocycles. The molecule has 3 aromatic rings. The van der Waals surface area contributed by atoms with Gasteiger partial charge < -0.3 is 9.88 Å². The largest absolute Gasteiger partial charge is 0.353 e. The Bertz CT molecular complexity index is 1200. The third-order valence-electron chi connectivity index (χ3n) is 6.60. The molecule has 7 nitrogen and oxygen atoms in total. The first-order chi connectivity index (χ1) is 16.0. The van der Waals surface area contributed by atoms with Crippen molar-refractivity contribution in [2.45, 2.75) is 19.0 Å². The first-order valence-electron chi connectivity index (χ1n) is 11.2. The molecule has 0 fully saturated rings. The average molecular weight is 443 g/mol. The minimum Gasteiger partial charge on any atom is -0.353 e. The van der Waals surface area contributed by atoms with E-state index in [4.69, 9.17) is 0 Å². The Morgan fingerprint density at radius 2 is 1.61 bits per heavy atom. The van der Waals surface area contributed by atoms with E-state index >= 15 is 0 Å². The van der Waals surface area contributed by atoms with Gasteiger partial charge in [-0.3, -0.25) is 24.2 Å². The summed E-state index contributed by atoms with van der Waals surface area (Å²) >= 11 is 0. The lowest BCUT2D eigenvalue weighted by Gasteiger charge is -2.36. The lowest BCUT2D eigenvalue weighted by atomic mass is 9.98. The number of benzene rings is 2. The monoisotopic (exact) mass is 442 g/mol. The molecule has 0 saturated heterocycles. The van der Waals surface area contributed by atoms with Crippen LogP contribution in [0.5, 0.6) is 0 Å². The summed E-state index contributed by atoms with van der Waals surface area (Å²) < 4.78 is 2.07. The number of imide groups is 1. The molecule has 2 aliphatic heterocycles. The van der Waals surface area contributed by atoms with Crippen molar-refractivity contribution in [3.8, 4) is 0 Å². The number of carbonyl (C=O) groups excluding carboxylic acids is 3. The molecule has 1 N–H and O–H groups in total. The van der Waals surface area contributed by atoms with E-state index in [1.807, 2.05) is 19.3 Å². The summed E-state index contributed by atoms with van der Waals surface area (Å²) in [5.74, 6) is -1.18. The predicted molar refractivity (Wildman–Crippen MR) is 124 cm³/mol. The van der Waals surface area contributed by atoms with Gasteiger partial charge in [0.2, 0.25) is 5.91 Å². The molecule has 1 unspecified atom stereocenters. The van der Waals surface area contributed by atoms with E-state index < -0.39 is 11.8 Å². The zero-order valence-corrected chi connectivity index (χ0v) is 18.5. The normalized spacial score (nSPS) is 16.5. The van der Waals surface area contributed by atoms with E-state index in [0.29, 0.717) is 17.7 Å². The van der Waals surface area contributed by atoms with Gasteiger partial charge in [-0.05, 0) is 41.8 Å². The molecule has 1 atom stereocenters. The molecule has 0 radical (unpaired) electrons. The molecule has 2 aromatic carbocycles. The Morgan fingerprint density at radius 3 is 2.27 bits per heavy atom. The summed E-state index contributed by atoms with van der Waals surface area (Å²) in [6.07, 6.45) is 2.96. The van der Waals surface area contributed by atoms with Gasteiger partial charge in [-0.15, -0.1) is 0 Å². The van der Waals surface area contributed by atoms with Crippen LogP contribution >= 0.6 is 0 Å². The average Bonchev–Trinajstić information content (AvgIpc) is 3.36. The Morgan fingerprint density at radius 1 is 0.939 bits per heavy atom. The van der Waals surface area contributed by atoms with Crippen molar-refractivity contribution in [2.75, 3.05) is 19.6 Å². The second kappa shape index (κ2) is 8.67. The zero-order chi connectivity index (χ0) is 22.9. The zero-order valence-electron chi connectivity index (χ0n) is 18.5. The summed E-state index contributed by atoms with van der Waals surface area (Å²) in [7, 11) is 2.00. The van der Waals surface area contributed by atoms with Gasteiger partial charge in [-0.25, -0.2) is 0 Å². The lowest BCUT2D eigenvalue weighted by molar-refractivity contribution is -0.121. The number of fused-ring (bicyclic) bond motifs is 2. The fourth-order valence-electron chi connectivity index (χ4n) is 4.82. The molecular formula is C26H26N4O3. The Kier molecular flexibility index (Phi) is 5.56. The van der Waals surface area contributed by atoms with Gasteiger partial charge in [0.05, 0.1) is 17.2 Å². The number of aromatic nitrogens is 1. The second-order valence-electron chi connectivity index (χ2n) is 8.60. The van der Waals surface area contributed by atoms with Crippen molar-refractivity contribution in [1.29, 1.82) is 0 Å². The number of rotatable bonds is 6. The first kappa shape index (κ1) is 21.2. The van der Waals surface area contributed by atoms with Gasteiger partial charge >= 0.3 is 0 Å². The summed E-state index contributed by atoms with van der Waals surface area (Å²) in [5.41, 5.74) is 4.48. The van der Waals surface area contributed by atoms with Gasteiger partial charge in [0.15, 0.2) is 0 Å². The van der Waals surface area contributed by atoms with E-state index in [9.17, 15) is 14.4 Å². The highest BCUT2D eigenvalue weighted by Gasteiger charge is 2.36. The molecule has 2 aliphatic rings. The summed E-state index contributed by atoms with van der Waals surface area (Å²) in [4.78, 5) is 41.4. The van der Waals surface area contributed by atoms with Crippen LogP contribution in [0.15, 0.2) is 66.9 Å². The van der Waals surface area contributed by atoms with Crippen LogP contribution in [-0.4, -0.2) is 51.7 Å². The quantitative estimate of drug-likeness (QED) is 0.596. The summed E-state index contributed by atoms with van der Waals surface area (Å²) in [5, 5.41) is 2.97. The Labute approximate surface area is 192 Å². The van der Waals surface area contributed by atoms with Crippen molar-refractivity contribution in [2.24, 2.45) is 7.05 Å². The fraction of sp³-hybridized carbons (Fsp3) is 0.269. The van der Waals surface area contributed by atoms with Gasteiger partial charge in [-0.2, -0.15) is 0 Å². The van der Waals surface area contributed by atoms with Crippen LogP contribution in [0.3, 0.4) is 0 Å². The maximum atomic E-state index is 12.8.